The second-order valence-corrected chi connectivity index (χ2v) is 2.89. The molecule has 14 heavy (non-hydrogen) atoms. The summed E-state index contributed by atoms with van der Waals surface area (Å²) < 4.78 is 0. The van der Waals surface area contributed by atoms with Gasteiger partial charge in [0.1, 0.15) is 0 Å². The third-order valence-electron chi connectivity index (χ3n) is 1.99. The molecule has 0 fully saturated rings. The van der Waals surface area contributed by atoms with Crippen molar-refractivity contribution in [2.45, 2.75) is 0 Å². The van der Waals surface area contributed by atoms with E-state index in [-0.39, 0.29) is 5.69 Å². The lowest BCUT2D eigenvalue weighted by molar-refractivity contribution is -0.384. The number of nitro benzene ring substituents is 1. The maximum Gasteiger partial charge on any atom is 0.269 e. The van der Waals surface area contributed by atoms with Crippen molar-refractivity contribution in [1.29, 1.82) is 0 Å². The number of hydrogen-bond acceptors (Lipinski definition) is 2. The van der Waals surface area contributed by atoms with Crippen molar-refractivity contribution in [2.24, 2.45) is 0 Å². The highest BCUT2D eigenvalue weighted by Crippen LogP contribution is 2.20. The lowest BCUT2D eigenvalue weighted by atomic mass is 10.1. The molecule has 0 atom stereocenters. The molecule has 0 saturated carbocycles. The number of non-ortho nitro benzene ring substituents is 1. The van der Waals surface area contributed by atoms with E-state index in [1.807, 2.05) is 18.2 Å². The number of allylic oxidation sites excluding steroid dienone is 3. The molecule has 0 bridgehead atoms. The molecule has 0 aliphatic heterocycles. The molecular weight excluding hydrogens is 178 g/mol. The van der Waals surface area contributed by atoms with Crippen molar-refractivity contribution in [3.8, 4) is 0 Å². The molecule has 3 heteroatoms. The topological polar surface area (TPSA) is 43.1 Å². The zero-order chi connectivity index (χ0) is 9.97. The first-order valence-corrected chi connectivity index (χ1v) is 4.15. The van der Waals surface area contributed by atoms with Crippen LogP contribution in [0.15, 0.2) is 48.2 Å². The molecule has 0 aromatic heterocycles. The van der Waals surface area contributed by atoms with Crippen LogP contribution in [0.2, 0.25) is 0 Å². The van der Waals surface area contributed by atoms with Gasteiger partial charge in [0.2, 0.25) is 0 Å². The molecule has 1 aromatic rings. The fourth-order valence-corrected chi connectivity index (χ4v) is 1.27. The SMILES string of the molecule is O=[N+]([O-])c1ccc(C2=C=CC=C2)cc1. The molecule has 1 aromatic carbocycles. The Morgan fingerprint density at radius 3 is 2.43 bits per heavy atom. The van der Waals surface area contributed by atoms with E-state index < -0.39 is 4.92 Å². The molecule has 0 unspecified atom stereocenters. The summed E-state index contributed by atoms with van der Waals surface area (Å²) in [5, 5.41) is 10.4. The minimum absolute atomic E-state index is 0.111. The van der Waals surface area contributed by atoms with Gasteiger partial charge < -0.3 is 0 Å². The molecule has 1 aliphatic rings. The van der Waals surface area contributed by atoms with Crippen LogP contribution in [-0.4, -0.2) is 4.92 Å². The highest BCUT2D eigenvalue weighted by atomic mass is 16.6. The van der Waals surface area contributed by atoms with E-state index in [2.05, 4.69) is 5.73 Å². The van der Waals surface area contributed by atoms with Gasteiger partial charge in [-0.25, -0.2) is 0 Å². The zero-order valence-corrected chi connectivity index (χ0v) is 7.31. The molecule has 68 valence electrons. The van der Waals surface area contributed by atoms with Crippen molar-refractivity contribution in [3.05, 3.63) is 63.9 Å². The molecular formula is C11H7NO2. The minimum Gasteiger partial charge on any atom is -0.258 e. The summed E-state index contributed by atoms with van der Waals surface area (Å²) in [6.45, 7) is 0. The van der Waals surface area contributed by atoms with E-state index in [1.54, 1.807) is 12.1 Å². The van der Waals surface area contributed by atoms with Gasteiger partial charge in [-0.2, -0.15) is 0 Å². The van der Waals surface area contributed by atoms with Crippen molar-refractivity contribution in [3.63, 3.8) is 0 Å². The molecule has 0 amide bonds. The standard InChI is InChI=1S/C11H7NO2/c13-12(14)11-7-5-10(6-8-11)9-3-1-2-4-9/h1-3,5-8H. The molecule has 1 aliphatic carbocycles. The van der Waals surface area contributed by atoms with Crippen molar-refractivity contribution < 1.29 is 4.92 Å². The van der Waals surface area contributed by atoms with Crippen LogP contribution in [0.3, 0.4) is 0 Å². The lowest BCUT2D eigenvalue weighted by Gasteiger charge is -1.97. The smallest absolute Gasteiger partial charge is 0.258 e. The summed E-state index contributed by atoms with van der Waals surface area (Å²) in [5.74, 6) is 0. The van der Waals surface area contributed by atoms with Crippen LogP contribution >= 0.6 is 0 Å². The van der Waals surface area contributed by atoms with Gasteiger partial charge in [-0.15, -0.1) is 5.73 Å². The fourth-order valence-electron chi connectivity index (χ4n) is 1.27. The normalized spacial score (nSPS) is 13.0. The summed E-state index contributed by atoms with van der Waals surface area (Å²) in [4.78, 5) is 9.99. The summed E-state index contributed by atoms with van der Waals surface area (Å²) in [6.07, 6.45) is 5.62. The molecule has 0 radical (unpaired) electrons. The van der Waals surface area contributed by atoms with Gasteiger partial charge in [-0.1, -0.05) is 6.08 Å². The van der Waals surface area contributed by atoms with Crippen molar-refractivity contribution in [2.75, 3.05) is 0 Å². The van der Waals surface area contributed by atoms with E-state index in [0.29, 0.717) is 0 Å². The third-order valence-corrected chi connectivity index (χ3v) is 1.99. The molecule has 3 nitrogen and oxygen atoms in total. The number of nitrogens with zero attached hydrogens (tertiary/aromatic N) is 1. The molecule has 0 N–H and O–H groups in total. The molecule has 0 spiro atoms. The second kappa shape index (κ2) is 3.32. The fraction of sp³-hybridized carbons (Fsp3) is 0. The minimum atomic E-state index is -0.404. The predicted octanol–water partition coefficient (Wildman–Crippen LogP) is 2.70. The average molecular weight is 185 g/mol. The molecule has 0 heterocycles. The Hall–Kier alpha value is -2.12. The van der Waals surface area contributed by atoms with Gasteiger partial charge in [0.05, 0.1) is 4.92 Å². The summed E-state index contributed by atoms with van der Waals surface area (Å²) in [6, 6.07) is 6.44. The van der Waals surface area contributed by atoms with Gasteiger partial charge in [-0.05, 0) is 29.8 Å². The van der Waals surface area contributed by atoms with Crippen molar-refractivity contribution >= 4 is 11.3 Å². The Morgan fingerprint density at radius 2 is 1.93 bits per heavy atom. The maximum atomic E-state index is 10.4. The Kier molecular flexibility index (Phi) is 2.01. The highest BCUT2D eigenvalue weighted by Gasteiger charge is 2.05. The van der Waals surface area contributed by atoms with E-state index >= 15 is 0 Å². The summed E-state index contributed by atoms with van der Waals surface area (Å²) >= 11 is 0. The first-order valence-electron chi connectivity index (χ1n) is 4.15. The van der Waals surface area contributed by atoms with Crippen LogP contribution < -0.4 is 0 Å². The van der Waals surface area contributed by atoms with Crippen LogP contribution in [0.1, 0.15) is 5.56 Å². The number of rotatable bonds is 2. The van der Waals surface area contributed by atoms with Crippen LogP contribution in [0.4, 0.5) is 5.69 Å². The summed E-state index contributed by atoms with van der Waals surface area (Å²) in [7, 11) is 0. The Bertz CT molecular complexity index is 463. The van der Waals surface area contributed by atoms with Gasteiger partial charge in [0.15, 0.2) is 0 Å². The van der Waals surface area contributed by atoms with E-state index in [4.69, 9.17) is 0 Å². The Balaban J connectivity index is 2.35. The van der Waals surface area contributed by atoms with Crippen molar-refractivity contribution in [1.82, 2.24) is 0 Å². The molecule has 0 saturated heterocycles. The van der Waals surface area contributed by atoms with Crippen LogP contribution in [-0.2, 0) is 0 Å². The third kappa shape index (κ3) is 1.49. The highest BCUT2D eigenvalue weighted by molar-refractivity contribution is 5.76. The number of nitro groups is 1. The Labute approximate surface area is 80.8 Å². The maximum absolute atomic E-state index is 10.4. The van der Waals surface area contributed by atoms with Gasteiger partial charge in [-0.3, -0.25) is 10.1 Å². The van der Waals surface area contributed by atoms with Crippen LogP contribution in [0, 0.1) is 10.1 Å². The quantitative estimate of drug-likeness (QED) is 0.404. The second-order valence-electron chi connectivity index (χ2n) is 2.89. The number of hydrogen-bond donors (Lipinski definition) is 0. The van der Waals surface area contributed by atoms with E-state index in [9.17, 15) is 10.1 Å². The van der Waals surface area contributed by atoms with Crippen LogP contribution in [0.25, 0.3) is 5.57 Å². The predicted molar refractivity (Wildman–Crippen MR) is 53.7 cm³/mol. The first kappa shape index (κ1) is 8.48. The van der Waals surface area contributed by atoms with Gasteiger partial charge in [0.25, 0.3) is 5.69 Å². The largest absolute Gasteiger partial charge is 0.269 e. The lowest BCUT2D eigenvalue weighted by Crippen LogP contribution is -1.87. The van der Waals surface area contributed by atoms with Crippen LogP contribution in [0.5, 0.6) is 0 Å². The van der Waals surface area contributed by atoms with E-state index in [0.717, 1.165) is 11.1 Å². The molecule has 2 rings (SSSR count). The monoisotopic (exact) mass is 185 g/mol. The zero-order valence-electron chi connectivity index (χ0n) is 7.31. The average Bonchev–Trinajstić information content (AvgIpc) is 2.71. The summed E-state index contributed by atoms with van der Waals surface area (Å²) in [5.41, 5.74) is 5.05. The van der Waals surface area contributed by atoms with E-state index in [1.165, 1.54) is 12.1 Å². The number of benzene rings is 1. The van der Waals surface area contributed by atoms with Gasteiger partial charge >= 0.3 is 0 Å². The van der Waals surface area contributed by atoms with Gasteiger partial charge in [0, 0.05) is 17.7 Å². The Morgan fingerprint density at radius 1 is 1.21 bits per heavy atom. The first-order chi connectivity index (χ1) is 6.77.